The predicted octanol–water partition coefficient (Wildman–Crippen LogP) is 3.18. The molecule has 2 aromatic heterocycles. The van der Waals surface area contributed by atoms with Crippen molar-refractivity contribution in [1.29, 1.82) is 0 Å². The van der Waals surface area contributed by atoms with Gasteiger partial charge < -0.3 is 0 Å². The summed E-state index contributed by atoms with van der Waals surface area (Å²) >= 11 is 3.44. The molecule has 3 nitrogen and oxygen atoms in total. The first kappa shape index (κ1) is 9.54. The van der Waals surface area contributed by atoms with Crippen LogP contribution in [0.5, 0.6) is 0 Å². The van der Waals surface area contributed by atoms with Gasteiger partial charge in [0.25, 0.3) is 0 Å². The number of rotatable bonds is 1. The number of pyridine rings is 1. The van der Waals surface area contributed by atoms with Gasteiger partial charge in [-0.3, -0.25) is 4.98 Å². The summed E-state index contributed by atoms with van der Waals surface area (Å²) in [5.41, 5.74) is 2.00. The number of halogens is 1. The number of hydrogen-bond donors (Lipinski definition) is 0. The molecule has 1 aromatic carbocycles. The van der Waals surface area contributed by atoms with Gasteiger partial charge in [0.1, 0.15) is 0 Å². The van der Waals surface area contributed by atoms with Crippen LogP contribution in [0.3, 0.4) is 0 Å². The summed E-state index contributed by atoms with van der Waals surface area (Å²) in [5, 5.41) is 5.33. The predicted molar refractivity (Wildman–Crippen MR) is 66.6 cm³/mol. The highest BCUT2D eigenvalue weighted by atomic mass is 79.9. The van der Waals surface area contributed by atoms with Crippen LogP contribution in [0.2, 0.25) is 0 Å². The average Bonchev–Trinajstić information content (AvgIpc) is 2.81. The van der Waals surface area contributed by atoms with Crippen LogP contribution in [0.1, 0.15) is 0 Å². The van der Waals surface area contributed by atoms with E-state index in [4.69, 9.17) is 0 Å². The molecule has 0 fully saturated rings. The Bertz CT molecular complexity index is 632. The zero-order valence-corrected chi connectivity index (χ0v) is 9.92. The highest BCUT2D eigenvalue weighted by Crippen LogP contribution is 2.23. The quantitative estimate of drug-likeness (QED) is 0.682. The Balaban J connectivity index is 2.34. The second-order valence-corrected chi connectivity index (χ2v) is 4.36. The van der Waals surface area contributed by atoms with Crippen LogP contribution in [0.25, 0.3) is 16.6 Å². The molecule has 0 saturated carbocycles. The molecule has 0 radical (unpaired) electrons. The van der Waals surface area contributed by atoms with E-state index in [9.17, 15) is 0 Å². The van der Waals surface area contributed by atoms with Crippen molar-refractivity contribution in [3.05, 3.63) is 53.4 Å². The van der Waals surface area contributed by atoms with Crippen LogP contribution >= 0.6 is 15.9 Å². The van der Waals surface area contributed by atoms with Crippen LogP contribution in [0.15, 0.2) is 53.4 Å². The summed E-state index contributed by atoms with van der Waals surface area (Å²) in [6, 6.07) is 9.93. The lowest BCUT2D eigenvalue weighted by Crippen LogP contribution is -1.96. The zero-order valence-electron chi connectivity index (χ0n) is 8.34. The van der Waals surface area contributed by atoms with Crippen LogP contribution in [-0.4, -0.2) is 14.8 Å². The smallest absolute Gasteiger partial charge is 0.0754 e. The third-order valence-corrected chi connectivity index (χ3v) is 2.93. The van der Waals surface area contributed by atoms with Crippen molar-refractivity contribution < 1.29 is 0 Å². The van der Waals surface area contributed by atoms with Gasteiger partial charge in [0, 0.05) is 28.4 Å². The fourth-order valence-electron chi connectivity index (χ4n) is 1.72. The Labute approximate surface area is 101 Å². The summed E-state index contributed by atoms with van der Waals surface area (Å²) in [6.07, 6.45) is 5.49. The van der Waals surface area contributed by atoms with Crippen molar-refractivity contribution >= 4 is 26.8 Å². The van der Waals surface area contributed by atoms with Crippen LogP contribution in [-0.2, 0) is 0 Å². The molecule has 0 atom stereocenters. The standard InChI is InChI=1S/C12H8BrN3/c13-9-2-3-10-11(8-9)14-6-4-12(10)16-7-1-5-15-16/h1-8H. The van der Waals surface area contributed by atoms with Gasteiger partial charge in [-0.15, -0.1) is 0 Å². The number of nitrogens with zero attached hydrogens (tertiary/aromatic N) is 3. The minimum Gasteiger partial charge on any atom is -0.256 e. The van der Waals surface area contributed by atoms with E-state index in [0.717, 1.165) is 21.1 Å². The molecule has 2 heterocycles. The average molecular weight is 274 g/mol. The van der Waals surface area contributed by atoms with E-state index in [1.54, 1.807) is 12.4 Å². The Morgan fingerprint density at radius 3 is 2.88 bits per heavy atom. The minimum absolute atomic E-state index is 0.961. The van der Waals surface area contributed by atoms with Crippen molar-refractivity contribution in [2.75, 3.05) is 0 Å². The Morgan fingerprint density at radius 2 is 2.06 bits per heavy atom. The lowest BCUT2D eigenvalue weighted by molar-refractivity contribution is 0.886. The molecule has 78 valence electrons. The molecular formula is C12H8BrN3. The fourth-order valence-corrected chi connectivity index (χ4v) is 2.07. The Morgan fingerprint density at radius 1 is 1.12 bits per heavy atom. The largest absolute Gasteiger partial charge is 0.256 e. The molecule has 0 bridgehead atoms. The molecule has 0 spiro atoms. The summed E-state index contributed by atoms with van der Waals surface area (Å²) in [5.74, 6) is 0. The third kappa shape index (κ3) is 1.51. The highest BCUT2D eigenvalue weighted by molar-refractivity contribution is 9.10. The van der Waals surface area contributed by atoms with E-state index in [1.807, 2.05) is 41.2 Å². The van der Waals surface area contributed by atoms with Crippen LogP contribution in [0.4, 0.5) is 0 Å². The van der Waals surface area contributed by atoms with E-state index in [2.05, 4.69) is 26.0 Å². The molecule has 0 aliphatic rings. The molecule has 16 heavy (non-hydrogen) atoms. The maximum Gasteiger partial charge on any atom is 0.0754 e. The van der Waals surface area contributed by atoms with Crippen LogP contribution < -0.4 is 0 Å². The SMILES string of the molecule is Brc1ccc2c(-n3cccn3)ccnc2c1. The summed E-state index contributed by atoms with van der Waals surface area (Å²) in [4.78, 5) is 4.34. The van der Waals surface area contributed by atoms with Gasteiger partial charge in [-0.05, 0) is 30.3 Å². The molecular weight excluding hydrogens is 266 g/mol. The van der Waals surface area contributed by atoms with Gasteiger partial charge >= 0.3 is 0 Å². The number of fused-ring (bicyclic) bond motifs is 1. The van der Waals surface area contributed by atoms with Crippen molar-refractivity contribution in [2.24, 2.45) is 0 Å². The van der Waals surface area contributed by atoms with Gasteiger partial charge in [0.15, 0.2) is 0 Å². The van der Waals surface area contributed by atoms with E-state index >= 15 is 0 Å². The first-order chi connectivity index (χ1) is 7.84. The van der Waals surface area contributed by atoms with E-state index in [1.165, 1.54) is 0 Å². The normalized spacial score (nSPS) is 10.8. The van der Waals surface area contributed by atoms with E-state index in [0.29, 0.717) is 0 Å². The molecule has 0 N–H and O–H groups in total. The third-order valence-electron chi connectivity index (χ3n) is 2.43. The molecule has 3 rings (SSSR count). The second kappa shape index (κ2) is 3.72. The van der Waals surface area contributed by atoms with E-state index in [-0.39, 0.29) is 0 Å². The maximum absolute atomic E-state index is 4.34. The van der Waals surface area contributed by atoms with Gasteiger partial charge in [0.2, 0.25) is 0 Å². The molecule has 0 amide bonds. The Hall–Kier alpha value is -1.68. The molecule has 0 aliphatic carbocycles. The molecule has 4 heteroatoms. The lowest BCUT2D eigenvalue weighted by atomic mass is 10.2. The van der Waals surface area contributed by atoms with Gasteiger partial charge in [0.05, 0.1) is 11.2 Å². The molecule has 0 unspecified atom stereocenters. The van der Waals surface area contributed by atoms with Gasteiger partial charge in [-0.2, -0.15) is 5.10 Å². The molecule has 0 aliphatic heterocycles. The van der Waals surface area contributed by atoms with Crippen molar-refractivity contribution in [3.63, 3.8) is 0 Å². The van der Waals surface area contributed by atoms with Gasteiger partial charge in [-0.1, -0.05) is 15.9 Å². The van der Waals surface area contributed by atoms with Crippen molar-refractivity contribution in [2.45, 2.75) is 0 Å². The fraction of sp³-hybridized carbons (Fsp3) is 0. The maximum atomic E-state index is 4.34. The second-order valence-electron chi connectivity index (χ2n) is 3.44. The number of hydrogen-bond acceptors (Lipinski definition) is 2. The number of aromatic nitrogens is 3. The zero-order chi connectivity index (χ0) is 11.0. The first-order valence-corrected chi connectivity index (χ1v) is 5.68. The van der Waals surface area contributed by atoms with Crippen molar-refractivity contribution in [3.8, 4) is 5.69 Å². The molecule has 0 saturated heterocycles. The topological polar surface area (TPSA) is 30.7 Å². The van der Waals surface area contributed by atoms with Crippen LogP contribution in [0, 0.1) is 0 Å². The lowest BCUT2D eigenvalue weighted by Gasteiger charge is -2.05. The van der Waals surface area contributed by atoms with E-state index < -0.39 is 0 Å². The highest BCUT2D eigenvalue weighted by Gasteiger charge is 2.03. The molecule has 3 aromatic rings. The first-order valence-electron chi connectivity index (χ1n) is 4.89. The van der Waals surface area contributed by atoms with Gasteiger partial charge in [-0.25, -0.2) is 4.68 Å². The Kier molecular flexibility index (Phi) is 2.22. The summed E-state index contributed by atoms with van der Waals surface area (Å²) < 4.78 is 2.88. The summed E-state index contributed by atoms with van der Waals surface area (Å²) in [6.45, 7) is 0. The summed E-state index contributed by atoms with van der Waals surface area (Å²) in [7, 11) is 0. The number of benzene rings is 1. The monoisotopic (exact) mass is 273 g/mol. The van der Waals surface area contributed by atoms with Crippen molar-refractivity contribution in [1.82, 2.24) is 14.8 Å². The minimum atomic E-state index is 0.961.